The molecule has 0 atom stereocenters. The zero-order valence-corrected chi connectivity index (χ0v) is 40.3. The summed E-state index contributed by atoms with van der Waals surface area (Å²) >= 11 is 0. The second-order valence-corrected chi connectivity index (χ2v) is 18.5. The lowest BCUT2D eigenvalue weighted by Crippen LogP contribution is -2.09. The van der Waals surface area contributed by atoms with Gasteiger partial charge in [0.05, 0.1) is 0 Å². The molecule has 0 heterocycles. The smallest absolute Gasteiger partial charge is 0.0462 e. The molecule has 12 aromatic rings. The Morgan fingerprint density at radius 2 is 0.653 bits per heavy atom. The van der Waals surface area contributed by atoms with Crippen LogP contribution in [0.15, 0.2) is 244 Å². The maximum atomic E-state index is 4.12. The van der Waals surface area contributed by atoms with Crippen molar-refractivity contribution in [2.75, 3.05) is 4.90 Å². The van der Waals surface area contributed by atoms with Gasteiger partial charge in [-0.15, -0.1) is 0 Å². The van der Waals surface area contributed by atoms with E-state index in [0.29, 0.717) is 0 Å². The Balaban J connectivity index is 0.939. The molecule has 72 heavy (non-hydrogen) atoms. The molecule has 340 valence electrons. The third-order valence-electron chi connectivity index (χ3n) is 14.3. The van der Waals surface area contributed by atoms with Crippen LogP contribution in [0, 0.1) is 6.92 Å². The minimum atomic E-state index is 1.07. The van der Waals surface area contributed by atoms with Gasteiger partial charge in [0.25, 0.3) is 0 Å². The van der Waals surface area contributed by atoms with Crippen molar-refractivity contribution in [3.8, 4) is 22.3 Å². The Morgan fingerprint density at radius 3 is 1.11 bits per heavy atom. The Hall–Kier alpha value is -9.30. The van der Waals surface area contributed by atoms with E-state index in [4.69, 9.17) is 0 Å². The van der Waals surface area contributed by atoms with E-state index in [2.05, 4.69) is 280 Å². The van der Waals surface area contributed by atoms with Crippen LogP contribution in [0.1, 0.15) is 38.9 Å². The minimum absolute atomic E-state index is 1.07. The van der Waals surface area contributed by atoms with Gasteiger partial charge in [0.2, 0.25) is 0 Å². The van der Waals surface area contributed by atoms with E-state index in [1.54, 1.807) is 0 Å². The number of aryl methyl sites for hydroxylation is 1. The van der Waals surface area contributed by atoms with E-state index < -0.39 is 0 Å². The highest BCUT2D eigenvalue weighted by Crippen LogP contribution is 2.44. The van der Waals surface area contributed by atoms with Gasteiger partial charge in [-0.3, -0.25) is 0 Å². The lowest BCUT2D eigenvalue weighted by atomic mass is 9.87. The van der Waals surface area contributed by atoms with Crippen LogP contribution in [0.2, 0.25) is 0 Å². The van der Waals surface area contributed by atoms with Crippen molar-refractivity contribution in [3.63, 3.8) is 0 Å². The zero-order valence-electron chi connectivity index (χ0n) is 40.3. The standard InChI is InChI=1S/C71H51N/c1-4-49-19-16-21-51(58(49)5-2)38-46-64-60-24-8-12-28-66(60)70(67-29-13-9-25-61(64)67)53-34-42-56(43-35-53)72(55-40-32-48(3)33-41-55)57-44-36-54(37-45-57)71-68-30-14-10-26-62(68)65(63-27-11-15-31-69(63)71)47-39-52-22-17-20-50-18-6-7-23-59(50)52/h4-47H,1-2H2,3H3/b46-38+,47-39+. The number of rotatable bonds is 11. The topological polar surface area (TPSA) is 3.24 Å². The van der Waals surface area contributed by atoms with Gasteiger partial charge >= 0.3 is 0 Å². The van der Waals surface area contributed by atoms with Crippen LogP contribution >= 0.6 is 0 Å². The molecule has 0 aliphatic carbocycles. The number of benzene rings is 12. The van der Waals surface area contributed by atoms with Crippen molar-refractivity contribution in [1.29, 1.82) is 0 Å². The normalized spacial score (nSPS) is 11.7. The molecule has 0 aliphatic heterocycles. The molecule has 0 radical (unpaired) electrons. The average Bonchev–Trinajstić information content (AvgIpc) is 3.44. The molecule has 0 amide bonds. The Kier molecular flexibility index (Phi) is 11.5. The molecule has 0 saturated heterocycles. The highest BCUT2D eigenvalue weighted by atomic mass is 15.1. The zero-order chi connectivity index (χ0) is 48.5. The predicted octanol–water partition coefficient (Wildman–Crippen LogP) is 20.2. The van der Waals surface area contributed by atoms with Crippen LogP contribution in [0.25, 0.3) is 113 Å². The third kappa shape index (κ3) is 7.88. The maximum absolute atomic E-state index is 4.12. The summed E-state index contributed by atoms with van der Waals surface area (Å²) in [7, 11) is 0. The molecule has 0 aromatic heterocycles. The number of fused-ring (bicyclic) bond motifs is 5. The third-order valence-corrected chi connectivity index (χ3v) is 14.3. The summed E-state index contributed by atoms with van der Waals surface area (Å²) < 4.78 is 0. The summed E-state index contributed by atoms with van der Waals surface area (Å²) in [6.07, 6.45) is 12.9. The van der Waals surface area contributed by atoms with E-state index in [9.17, 15) is 0 Å². The van der Waals surface area contributed by atoms with E-state index in [1.165, 1.54) is 98.4 Å². The van der Waals surface area contributed by atoms with Gasteiger partial charge in [-0.25, -0.2) is 0 Å². The largest absolute Gasteiger partial charge is 0.311 e. The summed E-state index contributed by atoms with van der Waals surface area (Å²) in [6.45, 7) is 10.3. The predicted molar refractivity (Wildman–Crippen MR) is 315 cm³/mol. The maximum Gasteiger partial charge on any atom is 0.0462 e. The van der Waals surface area contributed by atoms with E-state index in [-0.39, 0.29) is 0 Å². The fraction of sp³-hybridized carbons (Fsp3) is 0.0141. The average molecular weight is 918 g/mol. The lowest BCUT2D eigenvalue weighted by Gasteiger charge is -2.26. The molecule has 12 rings (SSSR count). The van der Waals surface area contributed by atoms with Crippen molar-refractivity contribution in [2.45, 2.75) is 6.92 Å². The number of anilines is 3. The first-order valence-corrected chi connectivity index (χ1v) is 24.7. The van der Waals surface area contributed by atoms with Gasteiger partial charge in [-0.1, -0.05) is 249 Å². The van der Waals surface area contributed by atoms with Gasteiger partial charge in [0.1, 0.15) is 0 Å². The highest BCUT2D eigenvalue weighted by Gasteiger charge is 2.19. The van der Waals surface area contributed by atoms with Crippen molar-refractivity contribution >= 4 is 107 Å². The molecule has 12 aromatic carbocycles. The molecule has 0 unspecified atom stereocenters. The summed E-state index contributed by atoms with van der Waals surface area (Å²) in [5.74, 6) is 0. The van der Waals surface area contributed by atoms with Crippen LogP contribution in [-0.4, -0.2) is 0 Å². The van der Waals surface area contributed by atoms with E-state index >= 15 is 0 Å². The van der Waals surface area contributed by atoms with Crippen molar-refractivity contribution < 1.29 is 0 Å². The second kappa shape index (κ2) is 18.9. The minimum Gasteiger partial charge on any atom is -0.311 e. The van der Waals surface area contributed by atoms with Crippen LogP contribution in [-0.2, 0) is 0 Å². The van der Waals surface area contributed by atoms with Crippen molar-refractivity contribution in [2.24, 2.45) is 0 Å². The molecule has 0 fully saturated rings. The summed E-state index contributed by atoms with van der Waals surface area (Å²) in [5, 5.41) is 12.3. The fourth-order valence-corrected chi connectivity index (χ4v) is 10.9. The molecular formula is C71H51N. The Labute approximate surface area is 421 Å². The molecule has 1 heteroatoms. The number of hydrogen-bond acceptors (Lipinski definition) is 1. The van der Waals surface area contributed by atoms with Crippen molar-refractivity contribution in [3.05, 3.63) is 283 Å². The summed E-state index contributed by atoms with van der Waals surface area (Å²) in [5.41, 5.74) is 16.2. The molecule has 0 bridgehead atoms. The highest BCUT2D eigenvalue weighted by molar-refractivity contribution is 6.20. The van der Waals surface area contributed by atoms with Gasteiger partial charge in [-0.2, -0.15) is 0 Å². The van der Waals surface area contributed by atoms with Crippen LogP contribution in [0.3, 0.4) is 0 Å². The summed E-state index contributed by atoms with van der Waals surface area (Å²) in [6, 6.07) is 83.9. The molecule has 0 aliphatic rings. The van der Waals surface area contributed by atoms with Crippen molar-refractivity contribution in [1.82, 2.24) is 0 Å². The van der Waals surface area contributed by atoms with E-state index in [1.807, 2.05) is 12.2 Å². The Morgan fingerprint density at radius 1 is 0.292 bits per heavy atom. The van der Waals surface area contributed by atoms with Gasteiger partial charge in [-0.05, 0) is 153 Å². The monoisotopic (exact) mass is 917 g/mol. The first-order valence-electron chi connectivity index (χ1n) is 24.7. The molecule has 0 N–H and O–H groups in total. The van der Waals surface area contributed by atoms with E-state index in [0.717, 1.165) is 33.8 Å². The SMILES string of the molecule is C=Cc1cccc(/C=C/c2c3ccccc3c(-c3ccc(N(c4ccc(C)cc4)c4ccc(-c5c6ccccc6c(/C=C/c6cccc7ccccc67)c6ccccc56)cc4)cc3)c3ccccc23)c1C=C. The van der Waals surface area contributed by atoms with Gasteiger partial charge < -0.3 is 4.90 Å². The lowest BCUT2D eigenvalue weighted by molar-refractivity contribution is 1.28. The quantitative estimate of drug-likeness (QED) is 0.0923. The number of hydrogen-bond donors (Lipinski definition) is 0. The Bertz CT molecular complexity index is 3990. The second-order valence-electron chi connectivity index (χ2n) is 18.5. The number of nitrogens with zero attached hydrogens (tertiary/aromatic N) is 1. The molecule has 1 nitrogen and oxygen atoms in total. The molecule has 0 saturated carbocycles. The van der Waals surface area contributed by atoms with Crippen LogP contribution < -0.4 is 4.90 Å². The first kappa shape index (κ1) is 43.9. The molecule has 0 spiro atoms. The van der Waals surface area contributed by atoms with Crippen LogP contribution in [0.4, 0.5) is 17.1 Å². The van der Waals surface area contributed by atoms with Gasteiger partial charge in [0, 0.05) is 17.1 Å². The fourth-order valence-electron chi connectivity index (χ4n) is 10.9. The molecular weight excluding hydrogens is 867 g/mol. The first-order chi connectivity index (χ1) is 35.6. The van der Waals surface area contributed by atoms with Crippen LogP contribution in [0.5, 0.6) is 0 Å². The summed E-state index contributed by atoms with van der Waals surface area (Å²) in [4.78, 5) is 2.37. The van der Waals surface area contributed by atoms with Gasteiger partial charge in [0.15, 0.2) is 0 Å².